The first-order chi connectivity index (χ1) is 7.50. The minimum Gasteiger partial charge on any atom is -0.318 e. The van der Waals surface area contributed by atoms with Crippen LogP contribution in [-0.4, -0.2) is 16.6 Å². The van der Waals surface area contributed by atoms with Crippen LogP contribution >= 0.6 is 0 Å². The fourth-order valence-electron chi connectivity index (χ4n) is 1.03. The van der Waals surface area contributed by atoms with Crippen molar-refractivity contribution in [2.75, 3.05) is 0 Å². The quantitative estimate of drug-likeness (QED) is 0.338. The molecule has 1 aromatic rings. The van der Waals surface area contributed by atoms with Gasteiger partial charge in [-0.05, 0) is 6.92 Å². The molecule has 0 unspecified atom stereocenters. The van der Waals surface area contributed by atoms with Crippen LogP contribution in [0.25, 0.3) is 0 Å². The van der Waals surface area contributed by atoms with Crippen molar-refractivity contribution in [3.8, 4) is 0 Å². The molecule has 0 spiro atoms. The Kier molecular flexibility index (Phi) is 3.71. The summed E-state index contributed by atoms with van der Waals surface area (Å²) < 4.78 is 0. The largest absolute Gasteiger partial charge is 0.331 e. The van der Waals surface area contributed by atoms with Gasteiger partial charge in [-0.25, -0.2) is 4.79 Å². The third kappa shape index (κ3) is 3.16. The molecule has 16 heavy (non-hydrogen) atoms. The Labute approximate surface area is 91.7 Å². The van der Waals surface area contributed by atoms with Gasteiger partial charge in [0.2, 0.25) is 0 Å². The first-order valence-corrected chi connectivity index (χ1v) is 4.47. The number of nitrogens with zero attached hydrogens (tertiary/aromatic N) is 2. The van der Waals surface area contributed by atoms with E-state index in [1.54, 1.807) is 19.1 Å². The number of hydrogen-bond acceptors (Lipinski definition) is 5. The Balaban J connectivity index is 2.95. The predicted molar refractivity (Wildman–Crippen MR) is 57.1 cm³/mol. The van der Waals surface area contributed by atoms with E-state index in [0.717, 1.165) is 0 Å². The summed E-state index contributed by atoms with van der Waals surface area (Å²) in [4.78, 5) is 25.0. The number of nitro benzene ring substituents is 1. The normalized spacial score (nSPS) is 11.0. The molecular weight excluding hydrogens is 212 g/mol. The molecule has 84 valence electrons. The van der Waals surface area contributed by atoms with Crippen molar-refractivity contribution in [2.24, 2.45) is 5.16 Å². The molecule has 0 saturated heterocycles. The van der Waals surface area contributed by atoms with Crippen molar-refractivity contribution in [3.05, 3.63) is 39.9 Å². The predicted octanol–water partition coefficient (Wildman–Crippen LogP) is 1.88. The highest BCUT2D eigenvalue weighted by Crippen LogP contribution is 2.13. The van der Waals surface area contributed by atoms with Crippen molar-refractivity contribution < 1.29 is 14.6 Å². The van der Waals surface area contributed by atoms with Crippen LogP contribution in [0, 0.1) is 10.1 Å². The highest BCUT2D eigenvalue weighted by molar-refractivity contribution is 5.99. The molecule has 0 aliphatic rings. The van der Waals surface area contributed by atoms with E-state index >= 15 is 0 Å². The first kappa shape index (κ1) is 11.8. The molecule has 0 aromatic heterocycles. The molecule has 1 aromatic carbocycles. The summed E-state index contributed by atoms with van der Waals surface area (Å²) in [6.07, 6.45) is 0. The fourth-order valence-corrected chi connectivity index (χ4v) is 1.03. The van der Waals surface area contributed by atoms with Crippen molar-refractivity contribution in [3.63, 3.8) is 0 Å². The van der Waals surface area contributed by atoms with E-state index in [9.17, 15) is 14.9 Å². The van der Waals surface area contributed by atoms with E-state index in [4.69, 9.17) is 0 Å². The number of carbonyl (C=O) groups excluding carboxylic acids is 1. The smallest absolute Gasteiger partial charge is 0.318 e. The summed E-state index contributed by atoms with van der Waals surface area (Å²) in [7, 11) is 0. The molecule has 0 saturated carbocycles. The summed E-state index contributed by atoms with van der Waals surface area (Å²) in [5, 5.41) is 14.1. The van der Waals surface area contributed by atoms with Gasteiger partial charge in [-0.15, -0.1) is 0 Å². The number of carbonyl (C=O) groups is 1. The zero-order valence-electron chi connectivity index (χ0n) is 8.84. The zero-order chi connectivity index (χ0) is 12.1. The van der Waals surface area contributed by atoms with Gasteiger partial charge in [-0.3, -0.25) is 10.1 Å². The molecule has 0 radical (unpaired) electrons. The minimum atomic E-state index is -0.537. The Morgan fingerprint density at radius 3 is 2.69 bits per heavy atom. The Hall–Kier alpha value is -2.24. The minimum absolute atomic E-state index is 0.0325. The van der Waals surface area contributed by atoms with Gasteiger partial charge < -0.3 is 4.84 Å². The van der Waals surface area contributed by atoms with E-state index in [0.29, 0.717) is 11.3 Å². The highest BCUT2D eigenvalue weighted by Gasteiger charge is 2.07. The zero-order valence-corrected chi connectivity index (χ0v) is 8.84. The topological polar surface area (TPSA) is 81.8 Å². The molecule has 0 atom stereocenters. The number of nitro groups is 1. The first-order valence-electron chi connectivity index (χ1n) is 4.47. The molecule has 0 heterocycles. The van der Waals surface area contributed by atoms with Crippen molar-refractivity contribution in [1.82, 2.24) is 0 Å². The van der Waals surface area contributed by atoms with Crippen LogP contribution in [0.1, 0.15) is 19.4 Å². The second-order valence-corrected chi connectivity index (χ2v) is 3.07. The number of benzene rings is 1. The number of oxime groups is 1. The maximum atomic E-state index is 10.5. The van der Waals surface area contributed by atoms with Crippen molar-refractivity contribution >= 4 is 17.4 Å². The van der Waals surface area contributed by atoms with Gasteiger partial charge in [0.25, 0.3) is 5.69 Å². The third-order valence-electron chi connectivity index (χ3n) is 1.79. The van der Waals surface area contributed by atoms with Gasteiger partial charge in [-0.1, -0.05) is 17.3 Å². The Morgan fingerprint density at radius 2 is 2.12 bits per heavy atom. The van der Waals surface area contributed by atoms with Gasteiger partial charge in [-0.2, -0.15) is 0 Å². The van der Waals surface area contributed by atoms with Crippen molar-refractivity contribution in [1.29, 1.82) is 0 Å². The van der Waals surface area contributed by atoms with Crippen LogP contribution < -0.4 is 0 Å². The second kappa shape index (κ2) is 5.01. The third-order valence-corrected chi connectivity index (χ3v) is 1.79. The van der Waals surface area contributed by atoms with Crippen LogP contribution in [0.15, 0.2) is 29.4 Å². The Bertz CT molecular complexity index is 454. The molecule has 0 aliphatic carbocycles. The van der Waals surface area contributed by atoms with Gasteiger partial charge >= 0.3 is 5.97 Å². The summed E-state index contributed by atoms with van der Waals surface area (Å²) in [5.74, 6) is -0.537. The van der Waals surface area contributed by atoms with E-state index in [1.807, 2.05) is 0 Å². The standard InChI is InChI=1S/C10H10N2O4/c1-7(11-16-8(2)13)9-4-3-5-10(6-9)12(14)15/h3-6H,1-2H3/b11-7+. The maximum Gasteiger partial charge on any atom is 0.331 e. The number of hydrogen-bond donors (Lipinski definition) is 0. The van der Waals surface area contributed by atoms with Crippen molar-refractivity contribution in [2.45, 2.75) is 13.8 Å². The average molecular weight is 222 g/mol. The molecule has 0 amide bonds. The summed E-state index contributed by atoms with van der Waals surface area (Å²) >= 11 is 0. The highest BCUT2D eigenvalue weighted by atomic mass is 16.7. The van der Waals surface area contributed by atoms with Gasteiger partial charge in [0.15, 0.2) is 0 Å². The molecule has 6 nitrogen and oxygen atoms in total. The second-order valence-electron chi connectivity index (χ2n) is 3.07. The lowest BCUT2D eigenvalue weighted by Crippen LogP contribution is -2.00. The van der Waals surface area contributed by atoms with E-state index in [-0.39, 0.29) is 5.69 Å². The lowest BCUT2D eigenvalue weighted by atomic mass is 10.1. The summed E-state index contributed by atoms with van der Waals surface area (Å²) in [6, 6.07) is 5.93. The fraction of sp³-hybridized carbons (Fsp3) is 0.200. The molecule has 0 aliphatic heterocycles. The van der Waals surface area contributed by atoms with Crippen LogP contribution in [0.4, 0.5) is 5.69 Å². The molecule has 1 rings (SSSR count). The monoisotopic (exact) mass is 222 g/mol. The van der Waals surface area contributed by atoms with E-state index in [2.05, 4.69) is 9.99 Å². The number of rotatable bonds is 3. The van der Waals surface area contributed by atoms with Gasteiger partial charge in [0.1, 0.15) is 0 Å². The molecule has 0 N–H and O–H groups in total. The van der Waals surface area contributed by atoms with E-state index in [1.165, 1.54) is 19.1 Å². The molecule has 0 bridgehead atoms. The SMILES string of the molecule is CC(=O)O/N=C(\C)c1cccc([N+](=O)[O-])c1. The maximum absolute atomic E-state index is 10.5. The van der Waals surface area contributed by atoms with E-state index < -0.39 is 10.9 Å². The molecule has 6 heteroatoms. The average Bonchev–Trinajstić information content (AvgIpc) is 2.26. The lowest BCUT2D eigenvalue weighted by molar-refractivity contribution is -0.384. The summed E-state index contributed by atoms with van der Waals surface area (Å²) in [5.41, 5.74) is 0.907. The number of non-ortho nitro benzene ring substituents is 1. The van der Waals surface area contributed by atoms with Crippen LogP contribution in [0.2, 0.25) is 0 Å². The van der Waals surface area contributed by atoms with Gasteiger partial charge in [0.05, 0.1) is 10.6 Å². The molecule has 0 fully saturated rings. The van der Waals surface area contributed by atoms with Crippen LogP contribution in [0.5, 0.6) is 0 Å². The Morgan fingerprint density at radius 1 is 1.44 bits per heavy atom. The molecular formula is C10H10N2O4. The lowest BCUT2D eigenvalue weighted by Gasteiger charge is -1.99. The van der Waals surface area contributed by atoms with Crippen LogP contribution in [-0.2, 0) is 9.63 Å². The summed E-state index contributed by atoms with van der Waals surface area (Å²) in [6.45, 7) is 2.83. The van der Waals surface area contributed by atoms with Gasteiger partial charge in [0, 0.05) is 24.6 Å². The van der Waals surface area contributed by atoms with Crippen LogP contribution in [0.3, 0.4) is 0 Å².